The molecule has 2 rings (SSSR count). The number of esters is 1. The molecule has 1 aromatic carbocycles. The van der Waals surface area contributed by atoms with Crippen molar-refractivity contribution in [3.05, 3.63) is 28.8 Å². The highest BCUT2D eigenvalue weighted by molar-refractivity contribution is 7.89. The molecule has 33 heavy (non-hydrogen) atoms. The molecule has 2 amide bonds. The Bertz CT molecular complexity index is 1010. The smallest absolute Gasteiger partial charge is 0.324 e. The Labute approximate surface area is 196 Å². The molecule has 0 aromatic heterocycles. The van der Waals surface area contributed by atoms with Crippen LogP contribution in [0.2, 0.25) is 0 Å². The van der Waals surface area contributed by atoms with Crippen LogP contribution in [0.1, 0.15) is 50.3 Å². The molecule has 1 heterocycles. The zero-order valence-electron chi connectivity index (χ0n) is 20.5. The summed E-state index contributed by atoms with van der Waals surface area (Å²) in [4.78, 5) is 38.4. The molecule has 184 valence electrons. The highest BCUT2D eigenvalue weighted by Crippen LogP contribution is 2.31. The molecule has 1 aliphatic heterocycles. The van der Waals surface area contributed by atoms with Gasteiger partial charge in [0.05, 0.1) is 11.4 Å². The van der Waals surface area contributed by atoms with Gasteiger partial charge in [0.25, 0.3) is 5.91 Å². The molecule has 1 N–H and O–H groups in total. The lowest BCUT2D eigenvalue weighted by atomic mass is 10.1. The largest absolute Gasteiger partial charge is 0.454 e. The van der Waals surface area contributed by atoms with Crippen LogP contribution in [0.25, 0.3) is 0 Å². The van der Waals surface area contributed by atoms with Crippen molar-refractivity contribution in [3.8, 4) is 0 Å². The summed E-state index contributed by atoms with van der Waals surface area (Å²) in [6, 6.07) is 2.61. The molecule has 10 heteroatoms. The first-order chi connectivity index (χ1) is 15.1. The number of hydrogen-bond donors (Lipinski definition) is 1. The van der Waals surface area contributed by atoms with Crippen molar-refractivity contribution in [3.63, 3.8) is 0 Å². The maximum Gasteiger partial charge on any atom is 0.324 e. The van der Waals surface area contributed by atoms with E-state index in [9.17, 15) is 22.8 Å². The molecule has 1 unspecified atom stereocenters. The molecule has 1 aliphatic rings. The third-order valence-corrected chi connectivity index (χ3v) is 7.52. The topological polar surface area (TPSA) is 113 Å². The van der Waals surface area contributed by atoms with Gasteiger partial charge in [-0.15, -0.1) is 0 Å². The summed E-state index contributed by atoms with van der Waals surface area (Å²) in [6.07, 6.45) is 0.837. The van der Waals surface area contributed by atoms with E-state index in [1.807, 2.05) is 27.7 Å². The number of carbonyl (C=O) groups excluding carboxylic acids is 3. The number of hydrogen-bond acceptors (Lipinski definition) is 6. The lowest BCUT2D eigenvalue weighted by Crippen LogP contribution is -2.47. The molecule has 0 bridgehead atoms. The number of carbonyl (C=O) groups is 3. The number of nitrogens with zero attached hydrogens (tertiary/aromatic N) is 2. The van der Waals surface area contributed by atoms with E-state index in [1.165, 1.54) is 11.4 Å². The average Bonchev–Trinajstić information content (AvgIpc) is 3.13. The molecule has 1 fully saturated rings. The van der Waals surface area contributed by atoms with Gasteiger partial charge >= 0.3 is 5.97 Å². The van der Waals surface area contributed by atoms with Crippen LogP contribution in [0.4, 0.5) is 0 Å². The number of benzene rings is 1. The third-order valence-electron chi connectivity index (χ3n) is 5.31. The molecule has 0 spiro atoms. The summed E-state index contributed by atoms with van der Waals surface area (Å²) < 4.78 is 33.1. The van der Waals surface area contributed by atoms with Gasteiger partial charge in [-0.05, 0) is 65.5 Å². The molecule has 9 nitrogen and oxygen atoms in total. The maximum atomic E-state index is 13.4. The van der Waals surface area contributed by atoms with Crippen LogP contribution in [0.3, 0.4) is 0 Å². The fraction of sp³-hybridized carbons (Fsp3) is 0.609. The number of nitrogens with one attached hydrogen (secondary N) is 1. The molecule has 1 atom stereocenters. The van der Waals surface area contributed by atoms with E-state index >= 15 is 0 Å². The Hall–Kier alpha value is -2.46. The van der Waals surface area contributed by atoms with Crippen LogP contribution in [-0.4, -0.2) is 73.7 Å². The van der Waals surface area contributed by atoms with Crippen molar-refractivity contribution < 1.29 is 27.5 Å². The zero-order chi connectivity index (χ0) is 25.1. The van der Waals surface area contributed by atoms with Gasteiger partial charge in [0.15, 0.2) is 6.61 Å². The van der Waals surface area contributed by atoms with Crippen molar-refractivity contribution in [2.45, 2.75) is 70.9 Å². The van der Waals surface area contributed by atoms with Gasteiger partial charge in [-0.2, -0.15) is 4.31 Å². The van der Waals surface area contributed by atoms with Crippen molar-refractivity contribution in [2.24, 2.45) is 0 Å². The van der Waals surface area contributed by atoms with Gasteiger partial charge in [0.2, 0.25) is 15.9 Å². The first kappa shape index (κ1) is 26.8. The van der Waals surface area contributed by atoms with Gasteiger partial charge in [-0.25, -0.2) is 8.42 Å². The van der Waals surface area contributed by atoms with Crippen LogP contribution in [0.15, 0.2) is 17.0 Å². The number of likely N-dealkylation sites (N-methyl/N-ethyl adjacent to an activating group) is 1. The fourth-order valence-electron chi connectivity index (χ4n) is 4.05. The van der Waals surface area contributed by atoms with E-state index in [0.717, 1.165) is 10.5 Å². The minimum atomic E-state index is -3.91. The monoisotopic (exact) mass is 481 g/mol. The number of aryl methyl sites for hydroxylation is 3. The second kappa shape index (κ2) is 10.2. The predicted molar refractivity (Wildman–Crippen MR) is 124 cm³/mol. The Morgan fingerprint density at radius 3 is 2.27 bits per heavy atom. The normalized spacial score (nSPS) is 17.0. The Kier molecular flexibility index (Phi) is 8.29. The van der Waals surface area contributed by atoms with Crippen LogP contribution in [-0.2, 0) is 29.1 Å². The van der Waals surface area contributed by atoms with E-state index in [-0.39, 0.29) is 23.9 Å². The van der Waals surface area contributed by atoms with Crippen LogP contribution >= 0.6 is 0 Å². The molecule has 1 saturated heterocycles. The second-order valence-electron chi connectivity index (χ2n) is 9.66. The summed E-state index contributed by atoms with van der Waals surface area (Å²) in [6.45, 7) is 10.3. The summed E-state index contributed by atoms with van der Waals surface area (Å²) in [5.41, 5.74) is 1.77. The summed E-state index contributed by atoms with van der Waals surface area (Å²) in [5.74, 6) is -1.65. The standard InChI is InChI=1S/C23H35N3O6S/c1-15-11-16(2)21(17(3)12-15)33(30,31)26-10-8-9-18(26)22(29)32-14-20(28)25(7)13-19(27)24-23(4,5)6/h11-12,18H,8-10,13-14H2,1-7H3,(H,24,27). The number of ether oxygens (including phenoxy) is 1. The fourth-order valence-corrected chi connectivity index (χ4v) is 6.12. The molecule has 0 aliphatic carbocycles. The average molecular weight is 482 g/mol. The third kappa shape index (κ3) is 6.77. The molecule has 1 aromatic rings. The van der Waals surface area contributed by atoms with Crippen LogP contribution in [0.5, 0.6) is 0 Å². The van der Waals surface area contributed by atoms with E-state index in [4.69, 9.17) is 4.74 Å². The quantitative estimate of drug-likeness (QED) is 0.593. The second-order valence-corrected chi connectivity index (χ2v) is 11.5. The minimum Gasteiger partial charge on any atom is -0.454 e. The predicted octanol–water partition coefficient (Wildman–Crippen LogP) is 1.68. The minimum absolute atomic E-state index is 0.177. The number of rotatable bonds is 7. The molecular weight excluding hydrogens is 446 g/mol. The Morgan fingerprint density at radius 1 is 1.15 bits per heavy atom. The van der Waals surface area contributed by atoms with Crippen LogP contribution in [0, 0.1) is 20.8 Å². The molecule has 0 radical (unpaired) electrons. The molecular formula is C23H35N3O6S. The lowest BCUT2D eigenvalue weighted by Gasteiger charge is -2.25. The zero-order valence-corrected chi connectivity index (χ0v) is 21.3. The van der Waals surface area contributed by atoms with Crippen molar-refractivity contribution in [1.29, 1.82) is 0 Å². The Morgan fingerprint density at radius 2 is 1.73 bits per heavy atom. The van der Waals surface area contributed by atoms with Crippen molar-refractivity contribution >= 4 is 27.8 Å². The SMILES string of the molecule is Cc1cc(C)c(S(=O)(=O)N2CCCC2C(=O)OCC(=O)N(C)CC(=O)NC(C)(C)C)c(C)c1. The lowest BCUT2D eigenvalue weighted by molar-refractivity contribution is -0.154. The number of sulfonamides is 1. The van der Waals surface area contributed by atoms with Gasteiger partial charge in [0.1, 0.15) is 6.04 Å². The van der Waals surface area contributed by atoms with E-state index < -0.39 is 40.1 Å². The van der Waals surface area contributed by atoms with Gasteiger partial charge in [0, 0.05) is 19.1 Å². The first-order valence-corrected chi connectivity index (χ1v) is 12.4. The van der Waals surface area contributed by atoms with E-state index in [1.54, 1.807) is 26.0 Å². The molecule has 0 saturated carbocycles. The van der Waals surface area contributed by atoms with Crippen molar-refractivity contribution in [1.82, 2.24) is 14.5 Å². The summed E-state index contributed by atoms with van der Waals surface area (Å²) in [5, 5.41) is 2.75. The van der Waals surface area contributed by atoms with Gasteiger partial charge < -0.3 is 15.0 Å². The summed E-state index contributed by atoms with van der Waals surface area (Å²) in [7, 11) is -2.48. The number of amides is 2. The summed E-state index contributed by atoms with van der Waals surface area (Å²) >= 11 is 0. The van der Waals surface area contributed by atoms with Crippen LogP contribution < -0.4 is 5.32 Å². The van der Waals surface area contributed by atoms with Gasteiger partial charge in [-0.1, -0.05) is 17.7 Å². The highest BCUT2D eigenvalue weighted by Gasteiger charge is 2.41. The maximum absolute atomic E-state index is 13.4. The van der Waals surface area contributed by atoms with Crippen molar-refractivity contribution in [2.75, 3.05) is 26.7 Å². The van der Waals surface area contributed by atoms with E-state index in [2.05, 4.69) is 5.32 Å². The van der Waals surface area contributed by atoms with Gasteiger partial charge in [-0.3, -0.25) is 14.4 Å². The highest BCUT2D eigenvalue weighted by atomic mass is 32.2. The Balaban J connectivity index is 2.05. The van der Waals surface area contributed by atoms with E-state index in [0.29, 0.717) is 24.0 Å². The first-order valence-electron chi connectivity index (χ1n) is 10.9.